The van der Waals surface area contributed by atoms with Crippen molar-refractivity contribution in [1.29, 1.82) is 0 Å². The zero-order valence-electron chi connectivity index (χ0n) is 9.92. The van der Waals surface area contributed by atoms with Gasteiger partial charge >= 0.3 is 0 Å². The van der Waals surface area contributed by atoms with Gasteiger partial charge in [0.1, 0.15) is 0 Å². The second-order valence-electron chi connectivity index (χ2n) is 4.39. The SMILES string of the molecule is CC(C)(O)CNS(=O)(=O)C=Cc1ccccc1. The standard InChI is InChI=1S/C12H17NO3S/c1-12(2,14)10-13-17(15,16)9-8-11-6-4-3-5-7-11/h3-9,13-14H,10H2,1-2H3. The van der Waals surface area contributed by atoms with Crippen molar-refractivity contribution in [3.63, 3.8) is 0 Å². The maximum atomic E-state index is 11.5. The summed E-state index contributed by atoms with van der Waals surface area (Å²) in [5.74, 6) is 0. The van der Waals surface area contributed by atoms with Crippen LogP contribution < -0.4 is 4.72 Å². The van der Waals surface area contributed by atoms with Crippen LogP contribution in [0, 0.1) is 0 Å². The molecular formula is C12H17NO3S. The van der Waals surface area contributed by atoms with Crippen LogP contribution in [0.3, 0.4) is 0 Å². The fourth-order valence-electron chi connectivity index (χ4n) is 1.06. The van der Waals surface area contributed by atoms with E-state index in [1.165, 1.54) is 19.9 Å². The molecule has 1 rings (SSSR count). The number of sulfonamides is 1. The Balaban J connectivity index is 2.65. The lowest BCUT2D eigenvalue weighted by Crippen LogP contribution is -2.37. The van der Waals surface area contributed by atoms with Crippen molar-refractivity contribution in [2.45, 2.75) is 19.4 Å². The first-order valence-electron chi connectivity index (χ1n) is 5.24. The van der Waals surface area contributed by atoms with E-state index in [9.17, 15) is 13.5 Å². The fraction of sp³-hybridized carbons (Fsp3) is 0.333. The highest BCUT2D eigenvalue weighted by Crippen LogP contribution is 2.04. The molecule has 0 spiro atoms. The summed E-state index contributed by atoms with van der Waals surface area (Å²) in [6, 6.07) is 9.13. The lowest BCUT2D eigenvalue weighted by Gasteiger charge is -2.16. The molecule has 0 fully saturated rings. The number of aliphatic hydroxyl groups is 1. The first kappa shape index (κ1) is 13.9. The smallest absolute Gasteiger partial charge is 0.233 e. The molecule has 1 aromatic carbocycles. The van der Waals surface area contributed by atoms with E-state index >= 15 is 0 Å². The van der Waals surface area contributed by atoms with Crippen LogP contribution in [0.1, 0.15) is 19.4 Å². The third-order valence-electron chi connectivity index (χ3n) is 1.95. The van der Waals surface area contributed by atoms with Crippen molar-refractivity contribution in [1.82, 2.24) is 4.72 Å². The predicted octanol–water partition coefficient (Wildman–Crippen LogP) is 1.35. The zero-order valence-corrected chi connectivity index (χ0v) is 10.7. The van der Waals surface area contributed by atoms with Gasteiger partial charge in [0.05, 0.1) is 5.60 Å². The van der Waals surface area contributed by atoms with E-state index < -0.39 is 15.6 Å². The largest absolute Gasteiger partial charge is 0.389 e. The van der Waals surface area contributed by atoms with Gasteiger partial charge in [-0.1, -0.05) is 30.3 Å². The summed E-state index contributed by atoms with van der Waals surface area (Å²) in [6.07, 6.45) is 1.51. The predicted molar refractivity (Wildman–Crippen MR) is 68.7 cm³/mol. The molecule has 0 aliphatic heterocycles. The second-order valence-corrected chi connectivity index (χ2v) is 6.04. The van der Waals surface area contributed by atoms with Gasteiger partial charge in [-0.15, -0.1) is 0 Å². The quantitative estimate of drug-likeness (QED) is 0.834. The first-order valence-corrected chi connectivity index (χ1v) is 6.78. The second kappa shape index (κ2) is 5.44. The van der Waals surface area contributed by atoms with E-state index in [1.54, 1.807) is 0 Å². The Kier molecular flexibility index (Phi) is 4.45. The monoisotopic (exact) mass is 255 g/mol. The molecule has 0 saturated carbocycles. The van der Waals surface area contributed by atoms with Crippen LogP contribution in [0.25, 0.3) is 6.08 Å². The number of hydrogen-bond acceptors (Lipinski definition) is 3. The van der Waals surface area contributed by atoms with Gasteiger partial charge in [-0.3, -0.25) is 0 Å². The van der Waals surface area contributed by atoms with Crippen LogP contribution in [0.2, 0.25) is 0 Å². The molecule has 0 radical (unpaired) electrons. The normalized spacial score (nSPS) is 13.1. The number of hydrogen-bond donors (Lipinski definition) is 2. The maximum absolute atomic E-state index is 11.5. The average molecular weight is 255 g/mol. The van der Waals surface area contributed by atoms with Crippen LogP contribution in [-0.2, 0) is 10.0 Å². The molecule has 0 aromatic heterocycles. The summed E-state index contributed by atoms with van der Waals surface area (Å²) < 4.78 is 25.4. The number of rotatable bonds is 5. The van der Waals surface area contributed by atoms with Gasteiger partial charge in [0, 0.05) is 12.0 Å². The minimum atomic E-state index is -3.50. The van der Waals surface area contributed by atoms with Gasteiger partial charge in [0.2, 0.25) is 10.0 Å². The highest BCUT2D eigenvalue weighted by Gasteiger charge is 2.15. The minimum Gasteiger partial charge on any atom is -0.389 e. The average Bonchev–Trinajstić information content (AvgIpc) is 2.25. The molecular weight excluding hydrogens is 238 g/mol. The van der Waals surface area contributed by atoms with Gasteiger partial charge in [0.25, 0.3) is 0 Å². The Morgan fingerprint density at radius 3 is 2.41 bits per heavy atom. The van der Waals surface area contributed by atoms with Crippen molar-refractivity contribution >= 4 is 16.1 Å². The zero-order chi connectivity index (χ0) is 12.9. The third-order valence-corrected chi connectivity index (χ3v) is 2.99. The van der Waals surface area contributed by atoms with Crippen LogP contribution in [0.4, 0.5) is 0 Å². The molecule has 2 N–H and O–H groups in total. The molecule has 0 amide bonds. The topological polar surface area (TPSA) is 66.4 Å². The highest BCUT2D eigenvalue weighted by molar-refractivity contribution is 7.92. The lowest BCUT2D eigenvalue weighted by atomic mass is 10.1. The Hall–Kier alpha value is -1.17. The molecule has 0 heterocycles. The van der Waals surface area contributed by atoms with E-state index in [2.05, 4.69) is 4.72 Å². The van der Waals surface area contributed by atoms with Gasteiger partial charge in [-0.25, -0.2) is 13.1 Å². The summed E-state index contributed by atoms with van der Waals surface area (Å²) in [6.45, 7) is 3.06. The summed E-state index contributed by atoms with van der Waals surface area (Å²) >= 11 is 0. The van der Waals surface area contributed by atoms with Crippen molar-refractivity contribution in [2.75, 3.05) is 6.54 Å². The molecule has 0 bridgehead atoms. The van der Waals surface area contributed by atoms with Crippen molar-refractivity contribution in [2.24, 2.45) is 0 Å². The summed E-state index contributed by atoms with van der Waals surface area (Å²) in [5.41, 5.74) is -0.255. The number of benzene rings is 1. The molecule has 4 nitrogen and oxygen atoms in total. The molecule has 1 aromatic rings. The highest BCUT2D eigenvalue weighted by atomic mass is 32.2. The van der Waals surface area contributed by atoms with Crippen molar-refractivity contribution in [3.8, 4) is 0 Å². The molecule has 0 aliphatic rings. The van der Waals surface area contributed by atoms with Crippen molar-refractivity contribution in [3.05, 3.63) is 41.3 Å². The van der Waals surface area contributed by atoms with E-state index in [0.29, 0.717) is 0 Å². The molecule has 17 heavy (non-hydrogen) atoms. The van der Waals surface area contributed by atoms with E-state index in [-0.39, 0.29) is 6.54 Å². The van der Waals surface area contributed by atoms with E-state index in [0.717, 1.165) is 11.0 Å². The molecule has 5 heteroatoms. The Morgan fingerprint density at radius 1 is 1.29 bits per heavy atom. The lowest BCUT2D eigenvalue weighted by molar-refractivity contribution is 0.0858. The molecule has 0 saturated heterocycles. The van der Waals surface area contributed by atoms with Crippen LogP contribution in [0.15, 0.2) is 35.7 Å². The molecule has 0 aliphatic carbocycles. The molecule has 0 unspecified atom stereocenters. The summed E-state index contributed by atoms with van der Waals surface area (Å²) in [5, 5.41) is 10.5. The van der Waals surface area contributed by atoms with Gasteiger partial charge in [0.15, 0.2) is 0 Å². The Labute approximate surface area is 102 Å². The fourth-order valence-corrected chi connectivity index (χ4v) is 2.04. The third kappa shape index (κ3) is 6.21. The number of nitrogens with one attached hydrogen (secondary N) is 1. The van der Waals surface area contributed by atoms with Crippen molar-refractivity contribution < 1.29 is 13.5 Å². The van der Waals surface area contributed by atoms with E-state index in [4.69, 9.17) is 0 Å². The summed E-state index contributed by atoms with van der Waals surface area (Å²) in [7, 11) is -3.50. The van der Waals surface area contributed by atoms with Crippen LogP contribution >= 0.6 is 0 Å². The van der Waals surface area contributed by atoms with Gasteiger partial charge in [-0.2, -0.15) is 0 Å². The Bertz CT molecular complexity index is 472. The summed E-state index contributed by atoms with van der Waals surface area (Å²) in [4.78, 5) is 0. The molecule has 0 atom stereocenters. The van der Waals surface area contributed by atoms with E-state index in [1.807, 2.05) is 30.3 Å². The first-order chi connectivity index (χ1) is 7.79. The maximum Gasteiger partial charge on any atom is 0.233 e. The van der Waals surface area contributed by atoms with Gasteiger partial charge < -0.3 is 5.11 Å². The van der Waals surface area contributed by atoms with Crippen LogP contribution in [-0.4, -0.2) is 25.7 Å². The van der Waals surface area contributed by atoms with Gasteiger partial charge in [-0.05, 0) is 25.5 Å². The molecule has 94 valence electrons. The van der Waals surface area contributed by atoms with Crippen LogP contribution in [0.5, 0.6) is 0 Å². The Morgan fingerprint density at radius 2 is 1.88 bits per heavy atom. The minimum absolute atomic E-state index is 0.0194.